The normalized spacial score (nSPS) is 10.6. The molecular weight excluding hydrogens is 246 g/mol. The van der Waals surface area contributed by atoms with E-state index in [2.05, 4.69) is 5.10 Å². The van der Waals surface area contributed by atoms with Crippen molar-refractivity contribution < 1.29 is 8.78 Å². The first kappa shape index (κ1) is 11.6. The van der Waals surface area contributed by atoms with Crippen LogP contribution in [0.2, 0.25) is 0 Å². The van der Waals surface area contributed by atoms with Crippen LogP contribution in [0.5, 0.6) is 0 Å². The van der Waals surface area contributed by atoms with Crippen LogP contribution < -0.4 is 0 Å². The minimum absolute atomic E-state index is 0.309. The molecule has 0 saturated heterocycles. The van der Waals surface area contributed by atoms with Gasteiger partial charge in [-0.2, -0.15) is 5.10 Å². The Hall–Kier alpha value is -2.49. The molecule has 2 nitrogen and oxygen atoms in total. The van der Waals surface area contributed by atoms with Gasteiger partial charge in [-0.3, -0.25) is 0 Å². The van der Waals surface area contributed by atoms with Gasteiger partial charge in [-0.25, -0.2) is 13.5 Å². The zero-order chi connectivity index (χ0) is 13.2. The van der Waals surface area contributed by atoms with Crippen LogP contribution in [-0.4, -0.2) is 9.78 Å². The maximum atomic E-state index is 13.6. The van der Waals surface area contributed by atoms with E-state index in [0.717, 1.165) is 5.56 Å². The van der Waals surface area contributed by atoms with Gasteiger partial charge < -0.3 is 0 Å². The highest BCUT2D eigenvalue weighted by Crippen LogP contribution is 2.21. The van der Waals surface area contributed by atoms with Gasteiger partial charge in [-0.1, -0.05) is 24.3 Å². The van der Waals surface area contributed by atoms with E-state index in [0.29, 0.717) is 11.3 Å². The van der Waals surface area contributed by atoms with Crippen molar-refractivity contribution in [1.82, 2.24) is 9.78 Å². The van der Waals surface area contributed by atoms with E-state index < -0.39 is 0 Å². The number of halogens is 2. The standard InChI is InChI=1S/C15H10F2N2/c16-13-5-3-4-11(8-13)12-9-18-19(10-12)15-7-2-1-6-14(15)17/h1-10H. The Morgan fingerprint density at radius 2 is 1.74 bits per heavy atom. The molecule has 0 radical (unpaired) electrons. The Bertz CT molecular complexity index is 719. The number of nitrogens with zero attached hydrogens (tertiary/aromatic N) is 2. The van der Waals surface area contributed by atoms with E-state index in [1.165, 1.54) is 22.9 Å². The first-order valence-electron chi connectivity index (χ1n) is 5.79. The fourth-order valence-corrected chi connectivity index (χ4v) is 1.91. The van der Waals surface area contributed by atoms with Gasteiger partial charge >= 0.3 is 0 Å². The van der Waals surface area contributed by atoms with Crippen molar-refractivity contribution in [3.05, 3.63) is 72.6 Å². The van der Waals surface area contributed by atoms with Crippen molar-refractivity contribution in [3.63, 3.8) is 0 Å². The molecule has 0 spiro atoms. The molecule has 0 atom stereocenters. The van der Waals surface area contributed by atoms with Crippen molar-refractivity contribution in [3.8, 4) is 16.8 Å². The Morgan fingerprint density at radius 1 is 0.895 bits per heavy atom. The van der Waals surface area contributed by atoms with E-state index in [1.54, 1.807) is 42.7 Å². The summed E-state index contributed by atoms with van der Waals surface area (Å²) in [7, 11) is 0. The molecule has 0 unspecified atom stereocenters. The Labute approximate surface area is 108 Å². The molecule has 19 heavy (non-hydrogen) atoms. The zero-order valence-corrected chi connectivity index (χ0v) is 9.92. The van der Waals surface area contributed by atoms with Crippen LogP contribution >= 0.6 is 0 Å². The Kier molecular flexibility index (Phi) is 2.83. The first-order chi connectivity index (χ1) is 9.24. The average molecular weight is 256 g/mol. The summed E-state index contributed by atoms with van der Waals surface area (Å²) in [5.41, 5.74) is 1.82. The average Bonchev–Trinajstić information content (AvgIpc) is 2.89. The molecule has 2 aromatic carbocycles. The molecule has 0 bridgehead atoms. The summed E-state index contributed by atoms with van der Waals surface area (Å²) in [5.74, 6) is -0.660. The molecule has 0 aliphatic rings. The van der Waals surface area contributed by atoms with Gasteiger partial charge in [0, 0.05) is 11.8 Å². The number of benzene rings is 2. The predicted molar refractivity (Wildman–Crippen MR) is 68.9 cm³/mol. The monoisotopic (exact) mass is 256 g/mol. The fraction of sp³-hybridized carbons (Fsp3) is 0. The molecule has 4 heteroatoms. The van der Waals surface area contributed by atoms with Crippen LogP contribution in [0.25, 0.3) is 16.8 Å². The molecule has 0 aliphatic heterocycles. The lowest BCUT2D eigenvalue weighted by Crippen LogP contribution is -1.96. The van der Waals surface area contributed by atoms with Crippen molar-refractivity contribution in [1.29, 1.82) is 0 Å². The summed E-state index contributed by atoms with van der Waals surface area (Å²) in [5, 5.41) is 4.11. The first-order valence-corrected chi connectivity index (χ1v) is 5.79. The third kappa shape index (κ3) is 2.25. The Balaban J connectivity index is 2.03. The lowest BCUT2D eigenvalue weighted by atomic mass is 10.1. The van der Waals surface area contributed by atoms with Crippen molar-refractivity contribution in [2.45, 2.75) is 0 Å². The molecule has 0 fully saturated rings. The van der Waals surface area contributed by atoms with Gasteiger partial charge in [-0.15, -0.1) is 0 Å². The maximum absolute atomic E-state index is 13.6. The molecular formula is C15H10F2N2. The highest BCUT2D eigenvalue weighted by molar-refractivity contribution is 5.62. The lowest BCUT2D eigenvalue weighted by molar-refractivity contribution is 0.611. The van der Waals surface area contributed by atoms with E-state index in [-0.39, 0.29) is 11.6 Å². The molecule has 0 amide bonds. The van der Waals surface area contributed by atoms with Crippen LogP contribution in [0, 0.1) is 11.6 Å². The molecule has 3 rings (SSSR count). The number of aromatic nitrogens is 2. The van der Waals surface area contributed by atoms with E-state index in [9.17, 15) is 8.78 Å². The van der Waals surface area contributed by atoms with Crippen LogP contribution in [0.3, 0.4) is 0 Å². The second kappa shape index (κ2) is 4.65. The van der Waals surface area contributed by atoms with Gasteiger partial charge in [0.1, 0.15) is 17.3 Å². The summed E-state index contributed by atoms with van der Waals surface area (Å²) in [4.78, 5) is 0. The summed E-state index contributed by atoms with van der Waals surface area (Å²) >= 11 is 0. The second-order valence-corrected chi connectivity index (χ2v) is 4.14. The number of hydrogen-bond donors (Lipinski definition) is 0. The highest BCUT2D eigenvalue weighted by atomic mass is 19.1. The van der Waals surface area contributed by atoms with Crippen molar-refractivity contribution in [2.75, 3.05) is 0 Å². The quantitative estimate of drug-likeness (QED) is 0.681. The molecule has 0 N–H and O–H groups in total. The largest absolute Gasteiger partial charge is 0.237 e. The number of para-hydroxylation sites is 1. The predicted octanol–water partition coefficient (Wildman–Crippen LogP) is 3.82. The van der Waals surface area contributed by atoms with Gasteiger partial charge in [0.05, 0.1) is 6.20 Å². The smallest absolute Gasteiger partial charge is 0.148 e. The summed E-state index contributed by atoms with van der Waals surface area (Å²) < 4.78 is 28.2. The lowest BCUT2D eigenvalue weighted by Gasteiger charge is -2.01. The third-order valence-electron chi connectivity index (χ3n) is 2.84. The summed E-state index contributed by atoms with van der Waals surface area (Å²) in [6, 6.07) is 12.6. The van der Waals surface area contributed by atoms with Crippen molar-refractivity contribution in [2.24, 2.45) is 0 Å². The van der Waals surface area contributed by atoms with Gasteiger partial charge in [0.25, 0.3) is 0 Å². The van der Waals surface area contributed by atoms with Crippen LogP contribution in [0.4, 0.5) is 8.78 Å². The van der Waals surface area contributed by atoms with E-state index >= 15 is 0 Å². The van der Waals surface area contributed by atoms with Gasteiger partial charge in [0.2, 0.25) is 0 Å². The molecule has 0 aliphatic carbocycles. The minimum Gasteiger partial charge on any atom is -0.237 e. The molecule has 0 saturated carbocycles. The summed E-state index contributed by atoms with van der Waals surface area (Å²) in [6.07, 6.45) is 3.26. The summed E-state index contributed by atoms with van der Waals surface area (Å²) in [6.45, 7) is 0. The van der Waals surface area contributed by atoms with Gasteiger partial charge in [0.15, 0.2) is 0 Å². The Morgan fingerprint density at radius 3 is 2.53 bits per heavy atom. The zero-order valence-electron chi connectivity index (χ0n) is 9.92. The topological polar surface area (TPSA) is 17.8 Å². The van der Waals surface area contributed by atoms with Crippen molar-refractivity contribution >= 4 is 0 Å². The van der Waals surface area contributed by atoms with Crippen LogP contribution in [0.1, 0.15) is 0 Å². The molecule has 3 aromatic rings. The number of hydrogen-bond acceptors (Lipinski definition) is 1. The second-order valence-electron chi connectivity index (χ2n) is 4.14. The molecule has 1 heterocycles. The van der Waals surface area contributed by atoms with Crippen LogP contribution in [-0.2, 0) is 0 Å². The maximum Gasteiger partial charge on any atom is 0.148 e. The fourth-order valence-electron chi connectivity index (χ4n) is 1.91. The SMILES string of the molecule is Fc1cccc(-c2cnn(-c3ccccc3F)c2)c1. The van der Waals surface area contributed by atoms with Crippen LogP contribution in [0.15, 0.2) is 60.9 Å². The molecule has 94 valence electrons. The third-order valence-corrected chi connectivity index (χ3v) is 2.84. The van der Waals surface area contributed by atoms with E-state index in [1.807, 2.05) is 0 Å². The highest BCUT2D eigenvalue weighted by Gasteiger charge is 2.07. The van der Waals surface area contributed by atoms with E-state index in [4.69, 9.17) is 0 Å². The van der Waals surface area contributed by atoms with Gasteiger partial charge in [-0.05, 0) is 29.8 Å². The minimum atomic E-state index is -0.351. The molecule has 1 aromatic heterocycles. The number of rotatable bonds is 2.